The molecule has 3 N–H and O–H groups in total. The summed E-state index contributed by atoms with van der Waals surface area (Å²) >= 11 is 0. The summed E-state index contributed by atoms with van der Waals surface area (Å²) in [6.45, 7) is 6.89. The summed E-state index contributed by atoms with van der Waals surface area (Å²) < 4.78 is 0. The van der Waals surface area contributed by atoms with Crippen molar-refractivity contribution in [3.8, 4) is 0 Å². The summed E-state index contributed by atoms with van der Waals surface area (Å²) in [5.41, 5.74) is 0.0695. The van der Waals surface area contributed by atoms with Gasteiger partial charge >= 0.3 is 0 Å². The Morgan fingerprint density at radius 1 is 1.31 bits per heavy atom. The third-order valence-electron chi connectivity index (χ3n) is 3.87. The van der Waals surface area contributed by atoms with Crippen LogP contribution in [0.2, 0.25) is 0 Å². The SMILES string of the molecule is CC(C)(O)CNC1CCC2(CC1)CNC2.Cl. The van der Waals surface area contributed by atoms with E-state index in [1.807, 2.05) is 13.8 Å². The molecule has 1 saturated heterocycles. The number of hydrogen-bond acceptors (Lipinski definition) is 3. The standard InChI is InChI=1S/C12H24N2O.ClH/c1-11(2,15)7-14-10-3-5-12(6-4-10)8-13-9-12;/h10,13-15H,3-9H2,1-2H3;1H. The van der Waals surface area contributed by atoms with Gasteiger partial charge in [-0.25, -0.2) is 0 Å². The monoisotopic (exact) mass is 248 g/mol. The van der Waals surface area contributed by atoms with Crippen LogP contribution in [0.25, 0.3) is 0 Å². The molecule has 0 amide bonds. The summed E-state index contributed by atoms with van der Waals surface area (Å²) in [6, 6.07) is 0.627. The Labute approximate surface area is 105 Å². The second-order valence-electron chi connectivity index (χ2n) is 6.07. The molecule has 0 atom stereocenters. The molecule has 2 aliphatic rings. The van der Waals surface area contributed by atoms with Gasteiger partial charge in [-0.2, -0.15) is 0 Å². The molecule has 3 nitrogen and oxygen atoms in total. The van der Waals surface area contributed by atoms with Gasteiger partial charge < -0.3 is 15.7 Å². The van der Waals surface area contributed by atoms with Crippen LogP contribution in [0.1, 0.15) is 39.5 Å². The van der Waals surface area contributed by atoms with Crippen molar-refractivity contribution in [3.05, 3.63) is 0 Å². The molecule has 4 heteroatoms. The van der Waals surface area contributed by atoms with Gasteiger partial charge in [-0.1, -0.05) is 0 Å². The van der Waals surface area contributed by atoms with Gasteiger partial charge in [-0.05, 0) is 44.9 Å². The van der Waals surface area contributed by atoms with E-state index >= 15 is 0 Å². The normalized spacial score (nSPS) is 24.9. The van der Waals surface area contributed by atoms with Crippen molar-refractivity contribution in [3.63, 3.8) is 0 Å². The zero-order valence-electron chi connectivity index (χ0n) is 10.4. The lowest BCUT2D eigenvalue weighted by molar-refractivity contribution is 0.0599. The fourth-order valence-corrected chi connectivity index (χ4v) is 2.66. The van der Waals surface area contributed by atoms with Gasteiger partial charge in [0.1, 0.15) is 0 Å². The first-order valence-corrected chi connectivity index (χ1v) is 6.16. The smallest absolute Gasteiger partial charge is 0.0715 e. The van der Waals surface area contributed by atoms with Crippen molar-refractivity contribution < 1.29 is 5.11 Å². The molecular formula is C12H25ClN2O. The number of hydrogen-bond donors (Lipinski definition) is 3. The summed E-state index contributed by atoms with van der Waals surface area (Å²) in [4.78, 5) is 0. The van der Waals surface area contributed by atoms with Crippen molar-refractivity contribution in [2.75, 3.05) is 19.6 Å². The van der Waals surface area contributed by atoms with Crippen LogP contribution in [0.5, 0.6) is 0 Å². The molecule has 0 aromatic carbocycles. The summed E-state index contributed by atoms with van der Waals surface area (Å²) in [5, 5.41) is 16.5. The molecule has 0 aromatic heterocycles. The average molecular weight is 249 g/mol. The van der Waals surface area contributed by atoms with Crippen molar-refractivity contribution in [2.24, 2.45) is 5.41 Å². The fraction of sp³-hybridized carbons (Fsp3) is 1.00. The van der Waals surface area contributed by atoms with E-state index in [2.05, 4.69) is 10.6 Å². The third-order valence-corrected chi connectivity index (χ3v) is 3.87. The minimum Gasteiger partial charge on any atom is -0.389 e. The van der Waals surface area contributed by atoms with Crippen molar-refractivity contribution in [2.45, 2.75) is 51.2 Å². The highest BCUT2D eigenvalue weighted by Gasteiger charge is 2.39. The van der Waals surface area contributed by atoms with Crippen molar-refractivity contribution in [1.82, 2.24) is 10.6 Å². The predicted molar refractivity (Wildman–Crippen MR) is 69.1 cm³/mol. The van der Waals surface area contributed by atoms with Gasteiger partial charge in [-0.15, -0.1) is 12.4 Å². The zero-order chi connectivity index (χ0) is 10.9. The minimum absolute atomic E-state index is 0. The lowest BCUT2D eigenvalue weighted by atomic mass is 9.68. The summed E-state index contributed by atoms with van der Waals surface area (Å²) in [7, 11) is 0. The maximum Gasteiger partial charge on any atom is 0.0715 e. The number of rotatable bonds is 3. The predicted octanol–water partition coefficient (Wildman–Crippen LogP) is 1.30. The first-order chi connectivity index (χ1) is 6.99. The highest BCUT2D eigenvalue weighted by molar-refractivity contribution is 5.85. The Morgan fingerprint density at radius 3 is 2.25 bits per heavy atom. The number of aliphatic hydroxyl groups is 1. The zero-order valence-corrected chi connectivity index (χ0v) is 11.2. The van der Waals surface area contributed by atoms with Crippen LogP contribution in [0.3, 0.4) is 0 Å². The topological polar surface area (TPSA) is 44.3 Å². The second kappa shape index (κ2) is 5.21. The van der Waals surface area contributed by atoms with Gasteiger partial charge in [-0.3, -0.25) is 0 Å². The Morgan fingerprint density at radius 2 is 1.88 bits per heavy atom. The molecule has 0 bridgehead atoms. The number of nitrogens with one attached hydrogen (secondary N) is 2. The molecule has 1 spiro atoms. The lowest BCUT2D eigenvalue weighted by Crippen LogP contribution is -2.56. The third kappa shape index (κ3) is 3.59. The molecule has 1 aliphatic heterocycles. The fourth-order valence-electron chi connectivity index (χ4n) is 2.66. The first-order valence-electron chi connectivity index (χ1n) is 6.16. The van der Waals surface area contributed by atoms with E-state index in [4.69, 9.17) is 0 Å². The maximum absolute atomic E-state index is 9.64. The van der Waals surface area contributed by atoms with Crippen LogP contribution in [0.4, 0.5) is 0 Å². The van der Waals surface area contributed by atoms with Gasteiger partial charge in [0.25, 0.3) is 0 Å². The van der Waals surface area contributed by atoms with E-state index in [-0.39, 0.29) is 12.4 Å². The van der Waals surface area contributed by atoms with Crippen molar-refractivity contribution in [1.29, 1.82) is 0 Å². The van der Waals surface area contributed by atoms with Crippen LogP contribution >= 0.6 is 12.4 Å². The van der Waals surface area contributed by atoms with Gasteiger partial charge in [0.05, 0.1) is 5.60 Å². The molecule has 96 valence electrons. The molecule has 1 heterocycles. The Kier molecular flexibility index (Phi) is 4.64. The minimum atomic E-state index is -0.576. The molecule has 2 fully saturated rings. The Bertz CT molecular complexity index is 214. The molecule has 0 radical (unpaired) electrons. The second-order valence-corrected chi connectivity index (χ2v) is 6.07. The van der Waals surface area contributed by atoms with Gasteiger partial charge in [0.15, 0.2) is 0 Å². The van der Waals surface area contributed by atoms with E-state index < -0.39 is 5.60 Å². The molecule has 2 rings (SSSR count). The van der Waals surface area contributed by atoms with E-state index in [0.29, 0.717) is 18.0 Å². The van der Waals surface area contributed by atoms with Crippen LogP contribution in [0.15, 0.2) is 0 Å². The van der Waals surface area contributed by atoms with Crippen LogP contribution in [-0.4, -0.2) is 36.4 Å². The Balaban J connectivity index is 0.00000128. The van der Waals surface area contributed by atoms with Crippen LogP contribution in [-0.2, 0) is 0 Å². The summed E-state index contributed by atoms with van der Waals surface area (Å²) in [5.74, 6) is 0. The van der Waals surface area contributed by atoms with E-state index in [0.717, 1.165) is 0 Å². The average Bonchev–Trinajstić information content (AvgIpc) is 2.12. The molecule has 0 unspecified atom stereocenters. The van der Waals surface area contributed by atoms with E-state index in [1.54, 1.807) is 0 Å². The quantitative estimate of drug-likeness (QED) is 0.706. The summed E-state index contributed by atoms with van der Waals surface area (Å²) in [6.07, 6.45) is 5.25. The highest BCUT2D eigenvalue weighted by Crippen LogP contribution is 2.39. The Hall–Kier alpha value is 0.170. The molecular weight excluding hydrogens is 224 g/mol. The molecule has 0 aromatic rings. The van der Waals surface area contributed by atoms with Crippen LogP contribution < -0.4 is 10.6 Å². The van der Waals surface area contributed by atoms with Crippen LogP contribution in [0, 0.1) is 5.41 Å². The van der Waals surface area contributed by atoms with Gasteiger partial charge in [0, 0.05) is 25.7 Å². The first kappa shape index (κ1) is 14.2. The maximum atomic E-state index is 9.64. The number of halogens is 1. The largest absolute Gasteiger partial charge is 0.389 e. The lowest BCUT2D eigenvalue weighted by Gasteiger charge is -2.47. The van der Waals surface area contributed by atoms with Crippen molar-refractivity contribution >= 4 is 12.4 Å². The molecule has 1 aliphatic carbocycles. The van der Waals surface area contributed by atoms with Gasteiger partial charge in [0.2, 0.25) is 0 Å². The van der Waals surface area contributed by atoms with E-state index in [9.17, 15) is 5.11 Å². The van der Waals surface area contributed by atoms with E-state index in [1.165, 1.54) is 38.8 Å². The highest BCUT2D eigenvalue weighted by atomic mass is 35.5. The molecule has 1 saturated carbocycles. The molecule has 16 heavy (non-hydrogen) atoms.